The number of hydrogen-bond donors (Lipinski definition) is 0. The van der Waals surface area contributed by atoms with Gasteiger partial charge < -0.3 is 9.47 Å². The first-order valence-electron chi connectivity index (χ1n) is 8.87. The minimum Gasteiger partial charge on any atom is -0.494 e. The fourth-order valence-electron chi connectivity index (χ4n) is 2.40. The van der Waals surface area contributed by atoms with Gasteiger partial charge in [-0.3, -0.25) is 4.79 Å². The summed E-state index contributed by atoms with van der Waals surface area (Å²) in [5.41, 5.74) is 2.32. The average Bonchev–Trinajstić information content (AvgIpc) is 2.65. The van der Waals surface area contributed by atoms with Crippen LogP contribution in [0.2, 0.25) is 0 Å². The normalized spacial score (nSPS) is 10.8. The van der Waals surface area contributed by atoms with Gasteiger partial charge in [0, 0.05) is 6.42 Å². The Morgan fingerprint density at radius 2 is 1.80 bits per heavy atom. The van der Waals surface area contributed by atoms with Gasteiger partial charge in [-0.05, 0) is 49.4 Å². The molecule has 0 aliphatic heterocycles. The maximum Gasteiger partial charge on any atom is 0.306 e. The van der Waals surface area contributed by atoms with Crippen LogP contribution in [-0.2, 0) is 16.0 Å². The van der Waals surface area contributed by atoms with E-state index in [0.29, 0.717) is 13.0 Å². The first-order valence-corrected chi connectivity index (χ1v) is 8.87. The maximum absolute atomic E-state index is 11.4. The van der Waals surface area contributed by atoms with E-state index >= 15 is 0 Å². The van der Waals surface area contributed by atoms with Crippen molar-refractivity contribution < 1.29 is 14.3 Å². The molecule has 0 unspecified atom stereocenters. The van der Waals surface area contributed by atoms with Gasteiger partial charge in [0.05, 0.1) is 13.2 Å². The number of hydrogen-bond acceptors (Lipinski definition) is 3. The van der Waals surface area contributed by atoms with Crippen LogP contribution in [0, 0.1) is 0 Å². The summed E-state index contributed by atoms with van der Waals surface area (Å²) in [5, 5.41) is 0. The van der Waals surface area contributed by atoms with E-state index < -0.39 is 0 Å². The number of aryl methyl sites for hydroxylation is 1. The minimum atomic E-state index is -0.135. The van der Waals surface area contributed by atoms with Gasteiger partial charge in [0.15, 0.2) is 0 Å². The van der Waals surface area contributed by atoms with Crippen molar-refractivity contribution in [2.45, 2.75) is 32.6 Å². The zero-order valence-corrected chi connectivity index (χ0v) is 14.8. The quantitative estimate of drug-likeness (QED) is 0.449. The first-order chi connectivity index (χ1) is 12.3. The number of rotatable bonds is 10. The molecule has 0 atom stereocenters. The number of carbonyl (C=O) groups excluding carboxylic acids is 1. The van der Waals surface area contributed by atoms with Gasteiger partial charge in [-0.1, -0.05) is 54.6 Å². The van der Waals surface area contributed by atoms with E-state index in [0.717, 1.165) is 37.2 Å². The molecule has 0 saturated carbocycles. The Morgan fingerprint density at radius 1 is 1.04 bits per heavy atom. The Morgan fingerprint density at radius 3 is 2.52 bits per heavy atom. The third kappa shape index (κ3) is 7.71. The zero-order chi connectivity index (χ0) is 17.7. The predicted molar refractivity (Wildman–Crippen MR) is 102 cm³/mol. The van der Waals surface area contributed by atoms with Crippen LogP contribution in [0.25, 0.3) is 6.08 Å². The lowest BCUT2D eigenvalue weighted by Gasteiger charge is -2.04. The summed E-state index contributed by atoms with van der Waals surface area (Å²) in [7, 11) is 0. The second-order valence-corrected chi connectivity index (χ2v) is 5.75. The Labute approximate surface area is 150 Å². The van der Waals surface area contributed by atoms with E-state index in [1.165, 1.54) is 5.56 Å². The molecule has 3 nitrogen and oxygen atoms in total. The summed E-state index contributed by atoms with van der Waals surface area (Å²) in [6.07, 6.45) is 7.42. The van der Waals surface area contributed by atoms with Gasteiger partial charge in [0.1, 0.15) is 5.75 Å². The molecule has 0 N–H and O–H groups in total. The van der Waals surface area contributed by atoms with Crippen LogP contribution in [0.1, 0.15) is 37.3 Å². The predicted octanol–water partition coefficient (Wildman–Crippen LogP) is 5.05. The van der Waals surface area contributed by atoms with E-state index in [1.807, 2.05) is 37.3 Å². The highest BCUT2D eigenvalue weighted by molar-refractivity contribution is 5.69. The van der Waals surface area contributed by atoms with E-state index in [2.05, 4.69) is 36.4 Å². The number of carbonyl (C=O) groups is 1. The van der Waals surface area contributed by atoms with Crippen LogP contribution in [-0.4, -0.2) is 19.2 Å². The van der Waals surface area contributed by atoms with Crippen molar-refractivity contribution in [1.82, 2.24) is 0 Å². The van der Waals surface area contributed by atoms with Gasteiger partial charge in [-0.25, -0.2) is 0 Å². The number of para-hydroxylation sites is 1. The highest BCUT2D eigenvalue weighted by Crippen LogP contribution is 2.11. The lowest BCUT2D eigenvalue weighted by Crippen LogP contribution is -2.05. The molecular weight excluding hydrogens is 312 g/mol. The molecule has 0 aromatic heterocycles. The monoisotopic (exact) mass is 338 g/mol. The van der Waals surface area contributed by atoms with Crippen molar-refractivity contribution in [3.8, 4) is 5.75 Å². The molecule has 0 heterocycles. The summed E-state index contributed by atoms with van der Waals surface area (Å²) in [4.78, 5) is 11.4. The van der Waals surface area contributed by atoms with Crippen LogP contribution in [0.3, 0.4) is 0 Å². The number of esters is 1. The fourth-order valence-corrected chi connectivity index (χ4v) is 2.40. The lowest BCUT2D eigenvalue weighted by molar-refractivity contribution is -0.143. The Balaban J connectivity index is 1.64. The SMILES string of the molecule is CCOC(=O)CCc1ccc(/C=C/CCCOc2ccccc2)cc1. The lowest BCUT2D eigenvalue weighted by atomic mass is 10.1. The molecule has 132 valence electrons. The molecule has 0 saturated heterocycles. The number of allylic oxidation sites excluding steroid dienone is 1. The molecular formula is C22H26O3. The number of benzene rings is 2. The summed E-state index contributed by atoms with van der Waals surface area (Å²) in [6, 6.07) is 18.2. The molecule has 0 aliphatic carbocycles. The van der Waals surface area contributed by atoms with Gasteiger partial charge >= 0.3 is 5.97 Å². The Bertz CT molecular complexity index is 645. The second-order valence-electron chi connectivity index (χ2n) is 5.75. The third-order valence-corrected chi connectivity index (χ3v) is 3.74. The van der Waals surface area contributed by atoms with Crippen molar-refractivity contribution in [2.75, 3.05) is 13.2 Å². The number of unbranched alkanes of at least 4 members (excludes halogenated alkanes) is 1. The van der Waals surface area contributed by atoms with Gasteiger partial charge in [-0.2, -0.15) is 0 Å². The largest absolute Gasteiger partial charge is 0.494 e. The Hall–Kier alpha value is -2.55. The highest BCUT2D eigenvalue weighted by atomic mass is 16.5. The first kappa shape index (κ1) is 18.8. The van der Waals surface area contributed by atoms with Gasteiger partial charge in [0.2, 0.25) is 0 Å². The summed E-state index contributed by atoms with van der Waals surface area (Å²) < 4.78 is 10.6. The average molecular weight is 338 g/mol. The van der Waals surface area contributed by atoms with Crippen LogP contribution in [0.5, 0.6) is 5.75 Å². The highest BCUT2D eigenvalue weighted by Gasteiger charge is 2.02. The van der Waals surface area contributed by atoms with Crippen LogP contribution >= 0.6 is 0 Å². The summed E-state index contributed by atoms with van der Waals surface area (Å²) in [5.74, 6) is 0.786. The molecule has 0 aliphatic rings. The molecule has 0 fully saturated rings. The topological polar surface area (TPSA) is 35.5 Å². The molecule has 3 heteroatoms. The minimum absolute atomic E-state index is 0.135. The molecule has 0 amide bonds. The van der Waals surface area contributed by atoms with E-state index in [-0.39, 0.29) is 5.97 Å². The second kappa shape index (κ2) is 11.1. The molecule has 2 aromatic rings. The molecule has 25 heavy (non-hydrogen) atoms. The van der Waals surface area contributed by atoms with Gasteiger partial charge in [0.25, 0.3) is 0 Å². The van der Waals surface area contributed by atoms with Crippen molar-refractivity contribution >= 4 is 12.0 Å². The van der Waals surface area contributed by atoms with E-state index in [4.69, 9.17) is 9.47 Å². The standard InChI is InChI=1S/C22H26O3/c1-2-24-22(23)17-16-20-14-12-19(13-15-20)9-5-4-8-18-25-21-10-6-3-7-11-21/h3,5-7,9-15H,2,4,8,16-18H2,1H3/b9-5+. The van der Waals surface area contributed by atoms with E-state index in [9.17, 15) is 4.79 Å². The van der Waals surface area contributed by atoms with Crippen LogP contribution < -0.4 is 4.74 Å². The summed E-state index contributed by atoms with van der Waals surface area (Å²) in [6.45, 7) is 2.99. The van der Waals surface area contributed by atoms with Gasteiger partial charge in [-0.15, -0.1) is 0 Å². The zero-order valence-electron chi connectivity index (χ0n) is 14.8. The van der Waals surface area contributed by atoms with Crippen molar-refractivity contribution in [3.63, 3.8) is 0 Å². The Kier molecular flexibility index (Phi) is 8.33. The van der Waals surface area contributed by atoms with Crippen molar-refractivity contribution in [2.24, 2.45) is 0 Å². The smallest absolute Gasteiger partial charge is 0.306 e. The number of ether oxygens (including phenoxy) is 2. The third-order valence-electron chi connectivity index (χ3n) is 3.74. The van der Waals surface area contributed by atoms with Crippen molar-refractivity contribution in [1.29, 1.82) is 0 Å². The van der Waals surface area contributed by atoms with Crippen LogP contribution in [0.15, 0.2) is 60.7 Å². The molecule has 0 radical (unpaired) electrons. The van der Waals surface area contributed by atoms with E-state index in [1.54, 1.807) is 0 Å². The molecule has 2 aromatic carbocycles. The maximum atomic E-state index is 11.4. The summed E-state index contributed by atoms with van der Waals surface area (Å²) >= 11 is 0. The fraction of sp³-hybridized carbons (Fsp3) is 0.318. The molecule has 2 rings (SSSR count). The molecule has 0 bridgehead atoms. The van der Waals surface area contributed by atoms with Crippen molar-refractivity contribution in [3.05, 3.63) is 71.8 Å². The van der Waals surface area contributed by atoms with Crippen LogP contribution in [0.4, 0.5) is 0 Å². The molecule has 0 spiro atoms.